The van der Waals surface area contributed by atoms with E-state index < -0.39 is 38.6 Å². The van der Waals surface area contributed by atoms with Gasteiger partial charge in [-0.1, -0.05) is 12.1 Å². The molecule has 0 bridgehead atoms. The molecular formula is C16H23ClF3N3O3S. The first-order chi connectivity index (χ1) is 12.0. The second kappa shape index (κ2) is 8.76. The zero-order valence-electron chi connectivity index (χ0n) is 14.9. The number of hydrogen-bond donors (Lipinski definition) is 2. The van der Waals surface area contributed by atoms with Crippen molar-refractivity contribution in [3.63, 3.8) is 0 Å². The zero-order valence-corrected chi connectivity index (χ0v) is 16.5. The van der Waals surface area contributed by atoms with Gasteiger partial charge in [-0.05, 0) is 44.9 Å². The van der Waals surface area contributed by atoms with Gasteiger partial charge in [0.15, 0.2) is 0 Å². The average molecular weight is 430 g/mol. The molecule has 1 aromatic rings. The minimum atomic E-state index is -4.82. The summed E-state index contributed by atoms with van der Waals surface area (Å²) in [7, 11) is -4.53. The Balaban J connectivity index is 0.00000364. The van der Waals surface area contributed by atoms with Gasteiger partial charge in [0.1, 0.15) is 0 Å². The average Bonchev–Trinajstić information content (AvgIpc) is 2.94. The maximum atomic E-state index is 13.1. The van der Waals surface area contributed by atoms with E-state index in [-0.39, 0.29) is 24.4 Å². The number of carbonyl (C=O) groups is 1. The van der Waals surface area contributed by atoms with Gasteiger partial charge in [0.05, 0.1) is 16.5 Å². The lowest BCUT2D eigenvalue weighted by Gasteiger charge is -2.26. The van der Waals surface area contributed by atoms with Gasteiger partial charge in [-0.25, -0.2) is 8.42 Å². The molecule has 1 heterocycles. The molecule has 1 aliphatic rings. The van der Waals surface area contributed by atoms with Crippen molar-refractivity contribution >= 4 is 28.3 Å². The Bertz CT molecular complexity index is 774. The van der Waals surface area contributed by atoms with Crippen LogP contribution in [0.4, 0.5) is 13.2 Å². The maximum Gasteiger partial charge on any atom is 0.417 e. The van der Waals surface area contributed by atoms with Gasteiger partial charge < -0.3 is 10.6 Å². The number of nitrogens with two attached hydrogens (primary N) is 1. The molecule has 6 nitrogen and oxygen atoms in total. The molecule has 2 rings (SSSR count). The SMILES string of the molecule is CC(NS(=O)(=O)c1ccccc1C(F)(F)F)C(=O)N1CC(CN)CC1C.Cl. The van der Waals surface area contributed by atoms with E-state index in [2.05, 4.69) is 4.72 Å². The third-order valence-corrected chi connectivity index (χ3v) is 6.06. The first-order valence-electron chi connectivity index (χ1n) is 8.16. The predicted octanol–water partition coefficient (Wildman–Crippen LogP) is 1.99. The molecule has 0 spiro atoms. The molecule has 3 N–H and O–H groups in total. The molecule has 154 valence electrons. The highest BCUT2D eigenvalue weighted by Gasteiger charge is 2.39. The third-order valence-electron chi connectivity index (χ3n) is 4.46. The first kappa shape index (κ1) is 23.7. The van der Waals surface area contributed by atoms with Gasteiger partial charge in [-0.2, -0.15) is 17.9 Å². The van der Waals surface area contributed by atoms with Crippen LogP contribution in [0.1, 0.15) is 25.8 Å². The van der Waals surface area contributed by atoms with Crippen LogP contribution in [0.25, 0.3) is 0 Å². The van der Waals surface area contributed by atoms with Crippen molar-refractivity contribution in [2.75, 3.05) is 13.1 Å². The lowest BCUT2D eigenvalue weighted by molar-refractivity contribution is -0.139. The monoisotopic (exact) mass is 429 g/mol. The number of alkyl halides is 3. The van der Waals surface area contributed by atoms with Crippen molar-refractivity contribution in [1.82, 2.24) is 9.62 Å². The van der Waals surface area contributed by atoms with Gasteiger partial charge in [-0.3, -0.25) is 4.79 Å². The molecule has 1 aliphatic heterocycles. The molecule has 0 aromatic heterocycles. The molecule has 0 saturated carbocycles. The molecule has 3 atom stereocenters. The summed E-state index contributed by atoms with van der Waals surface area (Å²) in [6.07, 6.45) is -4.12. The normalized spacial score (nSPS) is 21.6. The standard InChI is InChI=1S/C16H22F3N3O3S.ClH/c1-10-7-12(8-20)9-22(10)15(23)11(2)21-26(24,25)14-6-4-3-5-13(14)16(17,18)19;/h3-6,10-12,21H,7-9,20H2,1-2H3;1H. The highest BCUT2D eigenvalue weighted by molar-refractivity contribution is 7.89. The molecule has 11 heteroatoms. The minimum absolute atomic E-state index is 0. The largest absolute Gasteiger partial charge is 0.417 e. The molecule has 0 aliphatic carbocycles. The van der Waals surface area contributed by atoms with E-state index in [1.165, 1.54) is 17.9 Å². The van der Waals surface area contributed by atoms with Crippen molar-refractivity contribution in [1.29, 1.82) is 0 Å². The number of nitrogens with one attached hydrogen (secondary N) is 1. The van der Waals surface area contributed by atoms with Crippen LogP contribution in [0.3, 0.4) is 0 Å². The topological polar surface area (TPSA) is 92.5 Å². The molecule has 1 aromatic carbocycles. The van der Waals surface area contributed by atoms with Crippen LogP contribution < -0.4 is 10.5 Å². The number of nitrogens with zero attached hydrogens (tertiary/aromatic N) is 1. The summed E-state index contributed by atoms with van der Waals surface area (Å²) in [6, 6.07) is 2.56. The minimum Gasteiger partial charge on any atom is -0.338 e. The second-order valence-electron chi connectivity index (χ2n) is 6.51. The number of halogens is 4. The lowest BCUT2D eigenvalue weighted by atomic mass is 10.1. The Morgan fingerprint density at radius 1 is 1.37 bits per heavy atom. The molecule has 1 amide bonds. The number of hydrogen-bond acceptors (Lipinski definition) is 4. The molecular weight excluding hydrogens is 407 g/mol. The van der Waals surface area contributed by atoms with Crippen LogP contribution in [0.5, 0.6) is 0 Å². The predicted molar refractivity (Wildman–Crippen MR) is 96.8 cm³/mol. The van der Waals surface area contributed by atoms with Gasteiger partial charge in [0, 0.05) is 12.6 Å². The number of sulfonamides is 1. The van der Waals surface area contributed by atoms with Crippen molar-refractivity contribution in [2.45, 2.75) is 43.4 Å². The van der Waals surface area contributed by atoms with Crippen molar-refractivity contribution < 1.29 is 26.4 Å². The fraction of sp³-hybridized carbons (Fsp3) is 0.562. The van der Waals surface area contributed by atoms with Crippen LogP contribution in [0.2, 0.25) is 0 Å². The highest BCUT2D eigenvalue weighted by atomic mass is 35.5. The number of benzene rings is 1. The molecule has 3 unspecified atom stereocenters. The summed E-state index contributed by atoms with van der Waals surface area (Å²) in [5.74, 6) is -0.356. The molecule has 1 fully saturated rings. The van der Waals surface area contributed by atoms with Crippen LogP contribution in [-0.4, -0.2) is 44.4 Å². The summed E-state index contributed by atoms with van der Waals surface area (Å²) in [5, 5.41) is 0. The van der Waals surface area contributed by atoms with Crippen LogP contribution in [0, 0.1) is 5.92 Å². The van der Waals surface area contributed by atoms with Crippen LogP contribution >= 0.6 is 12.4 Å². The smallest absolute Gasteiger partial charge is 0.338 e. The third kappa shape index (κ3) is 5.34. The molecule has 27 heavy (non-hydrogen) atoms. The first-order valence-corrected chi connectivity index (χ1v) is 9.64. The Morgan fingerprint density at radius 2 is 1.96 bits per heavy atom. The van der Waals surface area contributed by atoms with E-state index >= 15 is 0 Å². The van der Waals surface area contributed by atoms with E-state index in [4.69, 9.17) is 5.73 Å². The van der Waals surface area contributed by atoms with Gasteiger partial charge in [-0.15, -0.1) is 12.4 Å². The second-order valence-corrected chi connectivity index (χ2v) is 8.20. The quantitative estimate of drug-likeness (QED) is 0.748. The van der Waals surface area contributed by atoms with Gasteiger partial charge >= 0.3 is 6.18 Å². The fourth-order valence-corrected chi connectivity index (χ4v) is 4.57. The maximum absolute atomic E-state index is 13.1. The van der Waals surface area contributed by atoms with Gasteiger partial charge in [0.2, 0.25) is 15.9 Å². The number of carbonyl (C=O) groups excluding carboxylic acids is 1. The van der Waals surface area contributed by atoms with Crippen molar-refractivity contribution in [3.8, 4) is 0 Å². The Hall–Kier alpha value is -1.36. The van der Waals surface area contributed by atoms with Crippen LogP contribution in [0.15, 0.2) is 29.2 Å². The van der Waals surface area contributed by atoms with Crippen LogP contribution in [-0.2, 0) is 21.0 Å². The highest BCUT2D eigenvalue weighted by Crippen LogP contribution is 2.34. The van der Waals surface area contributed by atoms with Gasteiger partial charge in [0.25, 0.3) is 0 Å². The summed E-state index contributed by atoms with van der Waals surface area (Å²) in [5.41, 5.74) is 4.34. The number of amides is 1. The Kier molecular flexibility index (Phi) is 7.69. The summed E-state index contributed by atoms with van der Waals surface area (Å²) < 4.78 is 66.1. The van der Waals surface area contributed by atoms with E-state index in [0.29, 0.717) is 25.6 Å². The van der Waals surface area contributed by atoms with E-state index in [9.17, 15) is 26.4 Å². The van der Waals surface area contributed by atoms with Crippen molar-refractivity contribution in [2.24, 2.45) is 11.7 Å². The van der Waals surface area contributed by atoms with E-state index in [1.54, 1.807) is 0 Å². The molecule has 0 radical (unpaired) electrons. The van der Waals surface area contributed by atoms with E-state index in [0.717, 1.165) is 12.1 Å². The molecule has 1 saturated heterocycles. The fourth-order valence-electron chi connectivity index (χ4n) is 3.15. The zero-order chi connectivity index (χ0) is 19.7. The Morgan fingerprint density at radius 3 is 2.48 bits per heavy atom. The van der Waals surface area contributed by atoms with E-state index in [1.807, 2.05) is 6.92 Å². The number of rotatable bonds is 5. The lowest BCUT2D eigenvalue weighted by Crippen LogP contribution is -2.48. The Labute approximate surface area is 162 Å². The van der Waals surface area contributed by atoms with Crippen molar-refractivity contribution in [3.05, 3.63) is 29.8 Å². The summed E-state index contributed by atoms with van der Waals surface area (Å²) in [4.78, 5) is 13.2. The summed E-state index contributed by atoms with van der Waals surface area (Å²) >= 11 is 0. The number of likely N-dealkylation sites (tertiary alicyclic amines) is 1. The summed E-state index contributed by atoms with van der Waals surface area (Å²) in [6.45, 7) is 3.96.